The lowest BCUT2D eigenvalue weighted by atomic mass is 9.82. The Morgan fingerprint density at radius 2 is 1.67 bits per heavy atom. The molecule has 10 nitrogen and oxygen atoms in total. The van der Waals surface area contributed by atoms with Crippen LogP contribution in [0.25, 0.3) is 5.57 Å². The van der Waals surface area contributed by atoms with Crippen LogP contribution in [0.5, 0.6) is 17.2 Å². The van der Waals surface area contributed by atoms with Crippen LogP contribution in [0.15, 0.2) is 70.7 Å². The maximum absolute atomic E-state index is 14.9. The van der Waals surface area contributed by atoms with E-state index in [1.807, 2.05) is 28.0 Å². The van der Waals surface area contributed by atoms with Crippen molar-refractivity contribution in [2.75, 3.05) is 33.9 Å². The summed E-state index contributed by atoms with van der Waals surface area (Å²) in [6, 6.07) is 18.2. The summed E-state index contributed by atoms with van der Waals surface area (Å²) in [6.07, 6.45) is 4.77. The maximum atomic E-state index is 14.9. The van der Waals surface area contributed by atoms with Gasteiger partial charge in [0.2, 0.25) is 11.8 Å². The van der Waals surface area contributed by atoms with Gasteiger partial charge in [-0.3, -0.25) is 14.4 Å². The molecule has 3 aromatic carbocycles. The summed E-state index contributed by atoms with van der Waals surface area (Å²) < 4.78 is 31.2. The Labute approximate surface area is 312 Å². The third-order valence-electron chi connectivity index (χ3n) is 9.88. The summed E-state index contributed by atoms with van der Waals surface area (Å²) in [7, 11) is 3.22. The fourth-order valence-electron chi connectivity index (χ4n) is 7.12. The first kappa shape index (κ1) is 37.3. The fourth-order valence-corrected chi connectivity index (χ4v) is 7.48. The van der Waals surface area contributed by atoms with Crippen molar-refractivity contribution in [1.29, 1.82) is 0 Å². The van der Waals surface area contributed by atoms with Gasteiger partial charge < -0.3 is 35.1 Å². The van der Waals surface area contributed by atoms with Gasteiger partial charge in [-0.05, 0) is 101 Å². The van der Waals surface area contributed by atoms with Gasteiger partial charge in [-0.15, -0.1) is 0 Å². The first-order valence-electron chi connectivity index (χ1n) is 17.9. The van der Waals surface area contributed by atoms with E-state index in [9.17, 15) is 18.8 Å². The summed E-state index contributed by atoms with van der Waals surface area (Å²) in [4.78, 5) is 43.3. The highest BCUT2D eigenvalue weighted by Crippen LogP contribution is 2.38. The lowest BCUT2D eigenvalue weighted by molar-refractivity contribution is -0.134. The molecule has 0 spiro atoms. The van der Waals surface area contributed by atoms with Crippen molar-refractivity contribution in [3.63, 3.8) is 0 Å². The number of hydrogen-bond acceptors (Lipinski definition) is 7. The molecule has 0 aromatic heterocycles. The van der Waals surface area contributed by atoms with Crippen molar-refractivity contribution in [1.82, 2.24) is 15.1 Å². The van der Waals surface area contributed by atoms with Crippen molar-refractivity contribution >= 4 is 39.2 Å². The van der Waals surface area contributed by atoms with E-state index >= 15 is 0 Å². The number of primary amides is 1. The number of hydrogen-bond donors (Lipinski definition) is 2. The monoisotopic (exact) mass is 776 g/mol. The van der Waals surface area contributed by atoms with E-state index < -0.39 is 5.91 Å². The molecule has 3 N–H and O–H groups in total. The Bertz CT molecular complexity index is 1790. The van der Waals surface area contributed by atoms with Crippen LogP contribution in [-0.4, -0.2) is 79.6 Å². The average molecular weight is 778 g/mol. The van der Waals surface area contributed by atoms with Gasteiger partial charge in [0.25, 0.3) is 5.91 Å². The standard InChI is InChI=1S/C40H46BrFN4O6/c1-50-31-17-26(18-32(21-31)51-2)22-46(30-13-14-30)40(49)39-33(20-29-23-45(24-35(39)44-29)38(48)7-3-6-37(43)47)27-10-8-25(9-11-27)5-4-16-52-36-19-28(42)12-15-34(36)41/h8-12,15,17-19,21,29-30,35,44H,3-7,13-14,16,20,22-24H2,1-2H3,(H2,43,47). The van der Waals surface area contributed by atoms with Crippen molar-refractivity contribution in [3.05, 3.63) is 93.2 Å². The van der Waals surface area contributed by atoms with Crippen LogP contribution < -0.4 is 25.3 Å². The van der Waals surface area contributed by atoms with Crippen LogP contribution in [0.3, 0.4) is 0 Å². The topological polar surface area (TPSA) is 123 Å². The van der Waals surface area contributed by atoms with Crippen molar-refractivity contribution in [2.24, 2.45) is 5.73 Å². The lowest BCUT2D eigenvalue weighted by Crippen LogP contribution is -2.62. The highest BCUT2D eigenvalue weighted by atomic mass is 79.9. The Balaban J connectivity index is 1.24. The number of nitrogens with zero attached hydrogens (tertiary/aromatic N) is 2. The maximum Gasteiger partial charge on any atom is 0.252 e. The number of nitrogens with two attached hydrogens (primary N) is 1. The molecule has 2 fully saturated rings. The van der Waals surface area contributed by atoms with Crippen molar-refractivity contribution in [2.45, 2.75) is 76.0 Å². The first-order chi connectivity index (χ1) is 25.1. The molecule has 52 heavy (non-hydrogen) atoms. The quantitative estimate of drug-likeness (QED) is 0.177. The smallest absolute Gasteiger partial charge is 0.252 e. The Morgan fingerprint density at radius 3 is 2.35 bits per heavy atom. The number of halogens is 2. The molecule has 1 aliphatic carbocycles. The van der Waals surface area contributed by atoms with Crippen LogP contribution in [-0.2, 0) is 27.3 Å². The fraction of sp³-hybridized carbons (Fsp3) is 0.425. The molecule has 3 aliphatic rings. The van der Waals surface area contributed by atoms with Gasteiger partial charge in [-0.25, -0.2) is 4.39 Å². The number of methoxy groups -OCH3 is 2. The second-order valence-electron chi connectivity index (χ2n) is 13.7. The predicted molar refractivity (Wildman–Crippen MR) is 199 cm³/mol. The predicted octanol–water partition coefficient (Wildman–Crippen LogP) is 5.79. The first-order valence-corrected chi connectivity index (χ1v) is 18.7. The molecule has 2 atom stereocenters. The molecule has 2 aliphatic heterocycles. The van der Waals surface area contributed by atoms with Crippen molar-refractivity contribution < 1.29 is 33.0 Å². The van der Waals surface area contributed by atoms with E-state index in [-0.39, 0.29) is 48.6 Å². The zero-order valence-electron chi connectivity index (χ0n) is 29.7. The molecule has 276 valence electrons. The number of benzene rings is 3. The number of rotatable bonds is 16. The number of aryl methyl sites for hydroxylation is 1. The van der Waals surface area contributed by atoms with E-state index in [2.05, 4.69) is 45.5 Å². The highest BCUT2D eigenvalue weighted by molar-refractivity contribution is 9.10. The van der Waals surface area contributed by atoms with Gasteiger partial charge in [0, 0.05) is 62.3 Å². The number of fused-ring (bicyclic) bond motifs is 2. The Hall–Kier alpha value is -4.42. The molecule has 3 aromatic rings. The molecule has 1 saturated heterocycles. The number of carbonyl (C=O) groups is 3. The van der Waals surface area contributed by atoms with Gasteiger partial charge in [0.15, 0.2) is 0 Å². The van der Waals surface area contributed by atoms with Gasteiger partial charge in [0.05, 0.1) is 31.3 Å². The molecular weight excluding hydrogens is 731 g/mol. The number of ether oxygens (including phenoxy) is 3. The summed E-state index contributed by atoms with van der Waals surface area (Å²) in [6.45, 7) is 1.72. The average Bonchev–Trinajstić information content (AvgIpc) is 3.98. The normalized spacial score (nSPS) is 18.2. The van der Waals surface area contributed by atoms with Gasteiger partial charge in [0.1, 0.15) is 23.1 Å². The molecule has 0 radical (unpaired) electrons. The van der Waals surface area contributed by atoms with Crippen LogP contribution in [0, 0.1) is 5.82 Å². The Kier molecular flexibility index (Phi) is 12.2. The number of nitrogens with one attached hydrogen (secondary N) is 1. The van der Waals surface area contributed by atoms with E-state index in [4.69, 9.17) is 19.9 Å². The molecule has 3 amide bonds. The van der Waals surface area contributed by atoms with E-state index in [0.29, 0.717) is 66.4 Å². The SMILES string of the molecule is COc1cc(CN(C(=O)C2=C(c3ccc(CCCOc4cc(F)ccc4Br)cc3)CC3CN(C(=O)CCCC(N)=O)CC2N3)C2CC2)cc(OC)c1. The third kappa shape index (κ3) is 9.32. The molecule has 1 saturated carbocycles. The molecule has 2 unspecified atom stereocenters. The summed E-state index contributed by atoms with van der Waals surface area (Å²) in [5.41, 5.74) is 10.0. The molecule has 2 bridgehead atoms. The molecule has 2 heterocycles. The van der Waals surface area contributed by atoms with Crippen LogP contribution in [0.4, 0.5) is 4.39 Å². The second-order valence-corrected chi connectivity index (χ2v) is 14.6. The van der Waals surface area contributed by atoms with E-state index in [1.54, 1.807) is 20.3 Å². The number of carbonyl (C=O) groups excluding carboxylic acids is 3. The zero-order valence-corrected chi connectivity index (χ0v) is 31.3. The summed E-state index contributed by atoms with van der Waals surface area (Å²) >= 11 is 3.41. The van der Waals surface area contributed by atoms with Gasteiger partial charge in [-0.1, -0.05) is 24.3 Å². The van der Waals surface area contributed by atoms with Gasteiger partial charge in [-0.2, -0.15) is 0 Å². The molecule has 6 rings (SSSR count). The molecular formula is C40H46BrFN4O6. The lowest BCUT2D eigenvalue weighted by Gasteiger charge is -2.45. The van der Waals surface area contributed by atoms with Crippen LogP contribution in [0.2, 0.25) is 0 Å². The minimum Gasteiger partial charge on any atom is -0.497 e. The number of amides is 3. The van der Waals surface area contributed by atoms with E-state index in [1.165, 1.54) is 12.1 Å². The molecule has 12 heteroatoms. The van der Waals surface area contributed by atoms with E-state index in [0.717, 1.165) is 47.9 Å². The minimum atomic E-state index is -0.421. The second kappa shape index (κ2) is 16.9. The summed E-state index contributed by atoms with van der Waals surface area (Å²) in [5, 5.41) is 3.67. The van der Waals surface area contributed by atoms with Crippen LogP contribution in [0.1, 0.15) is 61.6 Å². The third-order valence-corrected chi connectivity index (χ3v) is 10.5. The largest absolute Gasteiger partial charge is 0.497 e. The van der Waals surface area contributed by atoms with Gasteiger partial charge >= 0.3 is 0 Å². The zero-order chi connectivity index (χ0) is 36.8. The Morgan fingerprint density at radius 1 is 0.942 bits per heavy atom. The number of piperazine rings is 1. The van der Waals surface area contributed by atoms with Crippen molar-refractivity contribution in [3.8, 4) is 17.2 Å². The minimum absolute atomic E-state index is 0.0265. The summed E-state index contributed by atoms with van der Waals surface area (Å²) in [5.74, 6) is 0.958. The highest BCUT2D eigenvalue weighted by Gasteiger charge is 2.43. The van der Waals surface area contributed by atoms with Crippen LogP contribution >= 0.6 is 15.9 Å².